The molecule has 110 valence electrons. The van der Waals surface area contributed by atoms with Gasteiger partial charge in [0.05, 0.1) is 23.3 Å². The Balaban J connectivity index is 3.11. The molecule has 0 fully saturated rings. The third kappa shape index (κ3) is 3.93. The molecule has 7 heteroatoms. The Labute approximate surface area is 114 Å². The largest absolute Gasteiger partial charge is 0.416 e. The Morgan fingerprint density at radius 1 is 1.35 bits per heavy atom. The number of hydrogen-bond acceptors (Lipinski definition) is 4. The first-order chi connectivity index (χ1) is 9.31. The number of hydrogen-bond donors (Lipinski definition) is 3. The first kappa shape index (κ1) is 16.4. The lowest BCUT2D eigenvalue weighted by Gasteiger charge is -2.20. The Morgan fingerprint density at radius 3 is 2.50 bits per heavy atom. The van der Waals surface area contributed by atoms with E-state index in [1.165, 1.54) is 0 Å². The quantitative estimate of drug-likeness (QED) is 0.769. The van der Waals surface area contributed by atoms with Gasteiger partial charge in [0.15, 0.2) is 0 Å². The van der Waals surface area contributed by atoms with E-state index in [9.17, 15) is 23.4 Å². The van der Waals surface area contributed by atoms with Crippen LogP contribution in [-0.2, 0) is 6.18 Å². The first-order valence-corrected chi connectivity index (χ1v) is 5.93. The molecular weight excluding hydrogens is 273 g/mol. The van der Waals surface area contributed by atoms with Gasteiger partial charge >= 0.3 is 6.18 Å². The van der Waals surface area contributed by atoms with Gasteiger partial charge < -0.3 is 15.5 Å². The first-order valence-electron chi connectivity index (χ1n) is 5.93. The number of aliphatic hydroxyl groups excluding tert-OH is 2. The van der Waals surface area contributed by atoms with E-state index in [4.69, 9.17) is 5.26 Å². The fourth-order valence-corrected chi connectivity index (χ4v) is 1.74. The summed E-state index contributed by atoms with van der Waals surface area (Å²) >= 11 is 0. The van der Waals surface area contributed by atoms with E-state index in [1.54, 1.807) is 13.1 Å². The van der Waals surface area contributed by atoms with Crippen LogP contribution in [0, 0.1) is 11.3 Å². The Hall–Kier alpha value is -1.62. The van der Waals surface area contributed by atoms with Gasteiger partial charge in [0.2, 0.25) is 0 Å². The van der Waals surface area contributed by atoms with Gasteiger partial charge in [0.25, 0.3) is 0 Å². The average Bonchev–Trinajstić information content (AvgIpc) is 2.42. The third-order valence-electron chi connectivity index (χ3n) is 2.87. The maximum absolute atomic E-state index is 12.6. The molecule has 1 rings (SSSR count). The molecule has 0 amide bonds. The Kier molecular flexibility index (Phi) is 5.51. The van der Waals surface area contributed by atoms with Crippen molar-refractivity contribution in [1.29, 1.82) is 5.26 Å². The second-order valence-electron chi connectivity index (χ2n) is 4.32. The van der Waals surface area contributed by atoms with Gasteiger partial charge in [-0.3, -0.25) is 0 Å². The van der Waals surface area contributed by atoms with Crippen molar-refractivity contribution in [3.8, 4) is 6.07 Å². The van der Waals surface area contributed by atoms with E-state index in [-0.39, 0.29) is 17.5 Å². The molecule has 0 radical (unpaired) electrons. The molecule has 0 aliphatic heterocycles. The predicted octanol–water partition coefficient (Wildman–Crippen LogP) is 1.58. The van der Waals surface area contributed by atoms with Crippen molar-refractivity contribution in [2.24, 2.45) is 0 Å². The van der Waals surface area contributed by atoms with E-state index in [0.717, 1.165) is 12.1 Å². The number of nitriles is 1. The Bertz CT molecular complexity index is 497. The molecule has 3 N–H and O–H groups in total. The van der Waals surface area contributed by atoms with Gasteiger partial charge in [-0.1, -0.05) is 0 Å². The normalized spacial score (nSPS) is 14.7. The smallest absolute Gasteiger partial charge is 0.390 e. The number of aliphatic hydroxyl groups is 2. The lowest BCUT2D eigenvalue weighted by Crippen LogP contribution is -2.24. The SMILES string of the molecule is CNCCC(O)C(O)c1cc(C(F)(F)F)ccc1C#N. The molecule has 0 aliphatic carbocycles. The van der Waals surface area contributed by atoms with Gasteiger partial charge in [0.1, 0.15) is 6.10 Å². The molecule has 2 atom stereocenters. The zero-order valence-corrected chi connectivity index (χ0v) is 10.8. The van der Waals surface area contributed by atoms with Crippen LogP contribution in [0.1, 0.15) is 29.2 Å². The lowest BCUT2D eigenvalue weighted by atomic mass is 9.95. The number of rotatable bonds is 5. The van der Waals surface area contributed by atoms with Crippen LogP contribution in [0.5, 0.6) is 0 Å². The minimum absolute atomic E-state index is 0.0889. The van der Waals surface area contributed by atoms with E-state index in [1.807, 2.05) is 0 Å². The van der Waals surface area contributed by atoms with Crippen molar-refractivity contribution in [2.75, 3.05) is 13.6 Å². The molecular formula is C13H15F3N2O2. The number of nitrogens with zero attached hydrogens (tertiary/aromatic N) is 1. The van der Waals surface area contributed by atoms with Crippen LogP contribution in [0.25, 0.3) is 0 Å². The molecule has 0 saturated carbocycles. The summed E-state index contributed by atoms with van der Waals surface area (Å²) in [7, 11) is 1.64. The van der Waals surface area contributed by atoms with Gasteiger partial charge in [-0.05, 0) is 38.2 Å². The van der Waals surface area contributed by atoms with Crippen LogP contribution in [0.15, 0.2) is 18.2 Å². The van der Waals surface area contributed by atoms with Gasteiger partial charge in [0, 0.05) is 5.56 Å². The molecule has 0 aromatic heterocycles. The lowest BCUT2D eigenvalue weighted by molar-refractivity contribution is -0.137. The molecule has 0 bridgehead atoms. The van der Waals surface area contributed by atoms with E-state index in [0.29, 0.717) is 12.6 Å². The maximum atomic E-state index is 12.6. The highest BCUT2D eigenvalue weighted by Gasteiger charge is 2.32. The highest BCUT2D eigenvalue weighted by Crippen LogP contribution is 2.33. The van der Waals surface area contributed by atoms with E-state index < -0.39 is 23.9 Å². The summed E-state index contributed by atoms with van der Waals surface area (Å²) in [6.07, 6.45) is -7.21. The molecule has 0 saturated heterocycles. The second-order valence-corrected chi connectivity index (χ2v) is 4.32. The zero-order chi connectivity index (χ0) is 15.3. The van der Waals surface area contributed by atoms with Gasteiger partial charge in [-0.2, -0.15) is 18.4 Å². The van der Waals surface area contributed by atoms with Crippen LogP contribution in [0.4, 0.5) is 13.2 Å². The summed E-state index contributed by atoms with van der Waals surface area (Å²) in [4.78, 5) is 0. The molecule has 0 heterocycles. The zero-order valence-electron chi connectivity index (χ0n) is 10.8. The minimum atomic E-state index is -4.57. The van der Waals surface area contributed by atoms with E-state index in [2.05, 4.69) is 5.32 Å². The number of nitrogens with one attached hydrogen (secondary N) is 1. The molecule has 4 nitrogen and oxygen atoms in total. The second kappa shape index (κ2) is 6.70. The molecule has 2 unspecified atom stereocenters. The molecule has 1 aromatic carbocycles. The van der Waals surface area contributed by atoms with Crippen LogP contribution in [0.3, 0.4) is 0 Å². The molecule has 0 aliphatic rings. The summed E-state index contributed by atoms with van der Waals surface area (Å²) in [5.74, 6) is 0. The minimum Gasteiger partial charge on any atom is -0.390 e. The number of alkyl halides is 3. The molecule has 0 spiro atoms. The standard InChI is InChI=1S/C13H15F3N2O2/c1-18-5-4-11(19)12(20)10-6-9(13(14,15)16)3-2-8(10)7-17/h2-3,6,11-12,18-20H,4-5H2,1H3. The monoisotopic (exact) mass is 288 g/mol. The van der Waals surface area contributed by atoms with Crippen molar-refractivity contribution in [1.82, 2.24) is 5.32 Å². The Morgan fingerprint density at radius 2 is 2.00 bits per heavy atom. The highest BCUT2D eigenvalue weighted by molar-refractivity contribution is 5.42. The van der Waals surface area contributed by atoms with Crippen LogP contribution in [-0.4, -0.2) is 29.9 Å². The maximum Gasteiger partial charge on any atom is 0.416 e. The average molecular weight is 288 g/mol. The van der Waals surface area contributed by atoms with Crippen LogP contribution >= 0.6 is 0 Å². The molecule has 1 aromatic rings. The fraction of sp³-hybridized carbons (Fsp3) is 0.462. The van der Waals surface area contributed by atoms with Crippen LogP contribution in [0.2, 0.25) is 0 Å². The van der Waals surface area contributed by atoms with Gasteiger partial charge in [-0.25, -0.2) is 0 Å². The van der Waals surface area contributed by atoms with Crippen LogP contribution < -0.4 is 5.32 Å². The summed E-state index contributed by atoms with van der Waals surface area (Å²) in [5.41, 5.74) is -1.27. The van der Waals surface area contributed by atoms with Crippen molar-refractivity contribution in [3.63, 3.8) is 0 Å². The summed E-state index contributed by atoms with van der Waals surface area (Å²) in [6, 6.07) is 4.18. The predicted molar refractivity (Wildman–Crippen MR) is 65.7 cm³/mol. The molecule has 20 heavy (non-hydrogen) atoms. The summed E-state index contributed by atoms with van der Waals surface area (Å²) in [5, 5.41) is 31.3. The summed E-state index contributed by atoms with van der Waals surface area (Å²) in [6.45, 7) is 0.388. The highest BCUT2D eigenvalue weighted by atomic mass is 19.4. The number of benzene rings is 1. The fourth-order valence-electron chi connectivity index (χ4n) is 1.74. The number of halogens is 3. The topological polar surface area (TPSA) is 76.3 Å². The van der Waals surface area contributed by atoms with Crippen molar-refractivity contribution >= 4 is 0 Å². The summed E-state index contributed by atoms with van der Waals surface area (Å²) < 4.78 is 37.9. The van der Waals surface area contributed by atoms with Crippen molar-refractivity contribution < 1.29 is 23.4 Å². The van der Waals surface area contributed by atoms with Crippen molar-refractivity contribution in [3.05, 3.63) is 34.9 Å². The van der Waals surface area contributed by atoms with E-state index >= 15 is 0 Å². The third-order valence-corrected chi connectivity index (χ3v) is 2.87. The van der Waals surface area contributed by atoms with Crippen molar-refractivity contribution in [2.45, 2.75) is 24.8 Å². The van der Waals surface area contributed by atoms with Gasteiger partial charge in [-0.15, -0.1) is 0 Å².